The van der Waals surface area contributed by atoms with Crippen molar-refractivity contribution in [3.8, 4) is 0 Å². The normalized spacial score (nSPS) is 13.1. The van der Waals surface area contributed by atoms with Crippen LogP contribution in [0.15, 0.2) is 29.6 Å². The van der Waals surface area contributed by atoms with Gasteiger partial charge < -0.3 is 15.2 Å². The second-order valence-corrected chi connectivity index (χ2v) is 8.52. The molecule has 2 aromatic rings. The summed E-state index contributed by atoms with van der Waals surface area (Å²) >= 11 is 1.40. The van der Waals surface area contributed by atoms with Gasteiger partial charge in [-0.3, -0.25) is 9.59 Å². The number of carbonyl (C=O) groups excluding carboxylic acids is 1. The SMILES string of the molecule is CCOC(=O)[C@](CCC(=O)O)(CCC(C)C)c1csc(Nc2ccc(C)cc2)n1. The number of anilines is 2. The smallest absolute Gasteiger partial charge is 0.318 e. The van der Waals surface area contributed by atoms with E-state index in [9.17, 15) is 14.7 Å². The van der Waals surface area contributed by atoms with Crippen molar-refractivity contribution in [3.63, 3.8) is 0 Å². The Hall–Kier alpha value is -2.41. The number of benzene rings is 1. The molecule has 1 heterocycles. The Morgan fingerprint density at radius 1 is 1.24 bits per heavy atom. The molecule has 1 atom stereocenters. The number of carboxylic acids is 1. The molecule has 0 spiro atoms. The van der Waals surface area contributed by atoms with Gasteiger partial charge in [0.05, 0.1) is 12.3 Å². The van der Waals surface area contributed by atoms with E-state index in [-0.39, 0.29) is 19.4 Å². The van der Waals surface area contributed by atoms with Crippen LogP contribution in [-0.2, 0) is 19.7 Å². The van der Waals surface area contributed by atoms with Gasteiger partial charge in [-0.1, -0.05) is 31.5 Å². The number of nitrogens with zero attached hydrogens (tertiary/aromatic N) is 1. The molecule has 0 bridgehead atoms. The van der Waals surface area contributed by atoms with Crippen LogP contribution in [0.1, 0.15) is 57.7 Å². The van der Waals surface area contributed by atoms with Gasteiger partial charge in [-0.25, -0.2) is 4.98 Å². The predicted octanol–water partition coefficient (Wildman–Crippen LogP) is 5.30. The van der Waals surface area contributed by atoms with Gasteiger partial charge in [0, 0.05) is 17.5 Å². The molecule has 0 radical (unpaired) electrons. The van der Waals surface area contributed by atoms with Crippen molar-refractivity contribution in [1.82, 2.24) is 4.98 Å². The van der Waals surface area contributed by atoms with Crippen molar-refractivity contribution in [3.05, 3.63) is 40.9 Å². The summed E-state index contributed by atoms with van der Waals surface area (Å²) in [5.74, 6) is -0.956. The third-order valence-corrected chi connectivity index (χ3v) is 5.64. The van der Waals surface area contributed by atoms with Gasteiger partial charge >= 0.3 is 11.9 Å². The van der Waals surface area contributed by atoms with Gasteiger partial charge in [-0.05, 0) is 51.2 Å². The van der Waals surface area contributed by atoms with Gasteiger partial charge in [-0.15, -0.1) is 11.3 Å². The average molecular weight is 419 g/mol. The van der Waals surface area contributed by atoms with Crippen LogP contribution >= 0.6 is 11.3 Å². The number of aliphatic carboxylic acids is 1. The van der Waals surface area contributed by atoms with Crippen LogP contribution in [0.5, 0.6) is 0 Å². The third kappa shape index (κ3) is 6.29. The van der Waals surface area contributed by atoms with E-state index in [1.54, 1.807) is 6.92 Å². The fraction of sp³-hybridized carbons (Fsp3) is 0.500. The Morgan fingerprint density at radius 2 is 1.93 bits per heavy atom. The molecule has 7 heteroatoms. The van der Waals surface area contributed by atoms with Crippen LogP contribution < -0.4 is 5.32 Å². The summed E-state index contributed by atoms with van der Waals surface area (Å²) in [6.07, 6.45) is 1.33. The van der Waals surface area contributed by atoms with Crippen molar-refractivity contribution in [1.29, 1.82) is 0 Å². The highest BCUT2D eigenvalue weighted by molar-refractivity contribution is 7.13. The number of carboxylic acid groups (broad SMARTS) is 1. The maximum Gasteiger partial charge on any atom is 0.318 e. The van der Waals surface area contributed by atoms with E-state index in [0.717, 1.165) is 12.1 Å². The summed E-state index contributed by atoms with van der Waals surface area (Å²) in [5.41, 5.74) is 1.60. The molecule has 0 aliphatic heterocycles. The molecule has 0 amide bonds. The molecule has 2 N–H and O–H groups in total. The lowest BCUT2D eigenvalue weighted by atomic mass is 9.75. The lowest BCUT2D eigenvalue weighted by molar-refractivity contribution is -0.151. The second-order valence-electron chi connectivity index (χ2n) is 7.66. The largest absolute Gasteiger partial charge is 0.481 e. The molecule has 158 valence electrons. The molecule has 1 aromatic heterocycles. The van der Waals surface area contributed by atoms with Crippen LogP contribution in [0, 0.1) is 12.8 Å². The van der Waals surface area contributed by atoms with Gasteiger partial charge in [-0.2, -0.15) is 0 Å². The molecule has 0 saturated heterocycles. The lowest BCUT2D eigenvalue weighted by Crippen LogP contribution is -2.39. The summed E-state index contributed by atoms with van der Waals surface area (Å²) in [6.45, 7) is 8.19. The topological polar surface area (TPSA) is 88.5 Å². The predicted molar refractivity (Wildman–Crippen MR) is 116 cm³/mol. The van der Waals surface area contributed by atoms with Crippen molar-refractivity contribution in [2.75, 3.05) is 11.9 Å². The van der Waals surface area contributed by atoms with E-state index < -0.39 is 17.4 Å². The maximum atomic E-state index is 13.0. The van der Waals surface area contributed by atoms with Crippen molar-refractivity contribution >= 4 is 34.1 Å². The number of aryl methyl sites for hydroxylation is 1. The summed E-state index contributed by atoms with van der Waals surface area (Å²) in [6, 6.07) is 7.96. The minimum absolute atomic E-state index is 0.116. The molecular weight excluding hydrogens is 388 g/mol. The summed E-state index contributed by atoms with van der Waals surface area (Å²) in [5, 5.41) is 15.0. The van der Waals surface area contributed by atoms with E-state index in [0.29, 0.717) is 23.2 Å². The van der Waals surface area contributed by atoms with Crippen molar-refractivity contribution in [2.45, 2.75) is 58.8 Å². The molecule has 0 unspecified atom stereocenters. The number of carbonyl (C=O) groups is 2. The van der Waals surface area contributed by atoms with Crippen molar-refractivity contribution < 1.29 is 19.4 Å². The van der Waals surface area contributed by atoms with E-state index in [1.165, 1.54) is 16.9 Å². The standard InChI is InChI=1S/C22H30N2O4S/c1-5-28-20(27)22(12-10-15(2)3,13-11-19(25)26)18-14-29-21(24-18)23-17-8-6-16(4)7-9-17/h6-9,14-15H,5,10-13H2,1-4H3,(H,23,24)(H,25,26)/t22-/m0/s1. The van der Waals surface area contributed by atoms with Gasteiger partial charge in [0.2, 0.25) is 0 Å². The fourth-order valence-electron chi connectivity index (χ4n) is 3.13. The first-order valence-electron chi connectivity index (χ1n) is 9.95. The Morgan fingerprint density at radius 3 is 2.52 bits per heavy atom. The Balaban J connectivity index is 2.37. The number of esters is 1. The molecule has 0 aliphatic rings. The molecular formula is C22H30N2O4S. The number of ether oxygens (including phenoxy) is 1. The van der Waals surface area contributed by atoms with Crippen LogP contribution in [0.4, 0.5) is 10.8 Å². The van der Waals surface area contributed by atoms with E-state index >= 15 is 0 Å². The zero-order chi connectivity index (χ0) is 21.4. The highest BCUT2D eigenvalue weighted by atomic mass is 32.1. The molecule has 2 rings (SSSR count). The van der Waals surface area contributed by atoms with Crippen molar-refractivity contribution in [2.24, 2.45) is 5.92 Å². The zero-order valence-corrected chi connectivity index (χ0v) is 18.3. The molecule has 0 aliphatic carbocycles. The van der Waals surface area contributed by atoms with E-state index in [2.05, 4.69) is 24.1 Å². The Kier molecular flexibility index (Phi) is 8.20. The summed E-state index contributed by atoms with van der Waals surface area (Å²) in [7, 11) is 0. The first-order chi connectivity index (χ1) is 13.8. The number of thiazole rings is 1. The van der Waals surface area contributed by atoms with E-state index in [1.807, 2.05) is 36.6 Å². The van der Waals surface area contributed by atoms with Crippen LogP contribution in [-0.4, -0.2) is 28.6 Å². The molecule has 6 nitrogen and oxygen atoms in total. The summed E-state index contributed by atoms with van der Waals surface area (Å²) in [4.78, 5) is 29.0. The highest BCUT2D eigenvalue weighted by Gasteiger charge is 2.43. The minimum atomic E-state index is -1.05. The van der Waals surface area contributed by atoms with Gasteiger partial charge in [0.25, 0.3) is 0 Å². The third-order valence-electron chi connectivity index (χ3n) is 4.88. The fourth-order valence-corrected chi connectivity index (χ4v) is 3.96. The quantitative estimate of drug-likeness (QED) is 0.482. The first kappa shape index (κ1) is 22.9. The number of hydrogen-bond acceptors (Lipinski definition) is 6. The van der Waals surface area contributed by atoms with Gasteiger partial charge in [0.15, 0.2) is 5.13 Å². The average Bonchev–Trinajstić information content (AvgIpc) is 3.12. The molecule has 0 saturated carbocycles. The molecule has 0 fully saturated rings. The zero-order valence-electron chi connectivity index (χ0n) is 17.5. The number of hydrogen-bond donors (Lipinski definition) is 2. The van der Waals surface area contributed by atoms with Crippen LogP contribution in [0.25, 0.3) is 0 Å². The molecule has 29 heavy (non-hydrogen) atoms. The number of aromatic nitrogens is 1. The van der Waals surface area contributed by atoms with Crippen LogP contribution in [0.3, 0.4) is 0 Å². The second kappa shape index (κ2) is 10.4. The first-order valence-corrected chi connectivity index (χ1v) is 10.8. The summed E-state index contributed by atoms with van der Waals surface area (Å²) < 4.78 is 5.38. The minimum Gasteiger partial charge on any atom is -0.481 e. The molecule has 1 aromatic carbocycles. The van der Waals surface area contributed by atoms with Crippen LogP contribution in [0.2, 0.25) is 0 Å². The Labute approximate surface area is 176 Å². The van der Waals surface area contributed by atoms with E-state index in [4.69, 9.17) is 4.74 Å². The number of nitrogens with one attached hydrogen (secondary N) is 1. The maximum absolute atomic E-state index is 13.0. The monoisotopic (exact) mass is 418 g/mol. The number of rotatable bonds is 11. The highest BCUT2D eigenvalue weighted by Crippen LogP contribution is 2.39. The Bertz CT molecular complexity index is 816. The lowest BCUT2D eigenvalue weighted by Gasteiger charge is -2.30. The van der Waals surface area contributed by atoms with Gasteiger partial charge in [0.1, 0.15) is 5.41 Å².